The standard InChI is InChI=1S/C13H24N4/c1-11(2)9-17-10-13(8-14-17)15-12-4-6-16(3)7-5-12/h8,10-12,15H,4-7,9H2,1-3H3. The first-order valence-corrected chi connectivity index (χ1v) is 6.61. The number of hydrogen-bond acceptors (Lipinski definition) is 3. The molecule has 1 aromatic heterocycles. The van der Waals surface area contributed by atoms with E-state index >= 15 is 0 Å². The fourth-order valence-corrected chi connectivity index (χ4v) is 2.30. The summed E-state index contributed by atoms with van der Waals surface area (Å²) in [5, 5.41) is 7.97. The van der Waals surface area contributed by atoms with E-state index in [4.69, 9.17) is 0 Å². The van der Waals surface area contributed by atoms with Gasteiger partial charge in [0.25, 0.3) is 0 Å². The van der Waals surface area contributed by atoms with Gasteiger partial charge in [-0.3, -0.25) is 4.68 Å². The zero-order chi connectivity index (χ0) is 12.3. The Morgan fingerprint density at radius 1 is 1.41 bits per heavy atom. The van der Waals surface area contributed by atoms with Crippen LogP contribution in [-0.4, -0.2) is 40.9 Å². The highest BCUT2D eigenvalue weighted by atomic mass is 15.3. The minimum atomic E-state index is 0.614. The summed E-state index contributed by atoms with van der Waals surface area (Å²) in [6.45, 7) is 7.81. The number of nitrogens with zero attached hydrogens (tertiary/aromatic N) is 3. The summed E-state index contributed by atoms with van der Waals surface area (Å²) in [6, 6.07) is 0.614. The predicted molar refractivity (Wildman–Crippen MR) is 71.2 cm³/mol. The molecule has 4 nitrogen and oxygen atoms in total. The van der Waals surface area contributed by atoms with Gasteiger partial charge in [-0.15, -0.1) is 0 Å². The second kappa shape index (κ2) is 5.54. The predicted octanol–water partition coefficient (Wildman–Crippen LogP) is 2.05. The van der Waals surface area contributed by atoms with Gasteiger partial charge < -0.3 is 10.2 Å². The van der Waals surface area contributed by atoms with Crippen LogP contribution in [0.25, 0.3) is 0 Å². The normalized spacial score (nSPS) is 18.8. The molecular formula is C13H24N4. The van der Waals surface area contributed by atoms with Gasteiger partial charge in [0.05, 0.1) is 11.9 Å². The maximum absolute atomic E-state index is 4.38. The summed E-state index contributed by atoms with van der Waals surface area (Å²) in [5.74, 6) is 0.645. The minimum absolute atomic E-state index is 0.614. The van der Waals surface area contributed by atoms with Gasteiger partial charge in [0.2, 0.25) is 0 Å². The van der Waals surface area contributed by atoms with E-state index in [2.05, 4.69) is 42.4 Å². The molecule has 0 aromatic carbocycles. The molecule has 0 atom stereocenters. The Morgan fingerprint density at radius 3 is 2.76 bits per heavy atom. The Morgan fingerprint density at radius 2 is 2.12 bits per heavy atom. The van der Waals surface area contributed by atoms with Crippen molar-refractivity contribution >= 4 is 5.69 Å². The molecular weight excluding hydrogens is 212 g/mol. The van der Waals surface area contributed by atoms with Gasteiger partial charge >= 0.3 is 0 Å². The highest BCUT2D eigenvalue weighted by Crippen LogP contribution is 2.15. The SMILES string of the molecule is CC(C)Cn1cc(NC2CCN(C)CC2)cn1. The molecule has 1 fully saturated rings. The number of hydrogen-bond donors (Lipinski definition) is 1. The fourth-order valence-electron chi connectivity index (χ4n) is 2.30. The molecule has 1 aliphatic heterocycles. The van der Waals surface area contributed by atoms with Crippen molar-refractivity contribution in [1.82, 2.24) is 14.7 Å². The van der Waals surface area contributed by atoms with Crippen molar-refractivity contribution in [1.29, 1.82) is 0 Å². The Bertz CT molecular complexity index is 337. The van der Waals surface area contributed by atoms with Gasteiger partial charge in [-0.05, 0) is 38.9 Å². The van der Waals surface area contributed by atoms with Crippen molar-refractivity contribution in [2.24, 2.45) is 5.92 Å². The van der Waals surface area contributed by atoms with Crippen LogP contribution in [0, 0.1) is 5.92 Å². The largest absolute Gasteiger partial charge is 0.380 e. The van der Waals surface area contributed by atoms with Gasteiger partial charge in [-0.25, -0.2) is 0 Å². The number of likely N-dealkylation sites (tertiary alicyclic amines) is 1. The van der Waals surface area contributed by atoms with Crippen molar-refractivity contribution in [3.63, 3.8) is 0 Å². The number of aromatic nitrogens is 2. The van der Waals surface area contributed by atoms with Crippen LogP contribution in [0.15, 0.2) is 12.4 Å². The van der Waals surface area contributed by atoms with E-state index in [1.807, 2.05) is 10.9 Å². The summed E-state index contributed by atoms with van der Waals surface area (Å²) in [4.78, 5) is 2.39. The van der Waals surface area contributed by atoms with Crippen molar-refractivity contribution in [3.05, 3.63) is 12.4 Å². The molecule has 1 N–H and O–H groups in total. The number of anilines is 1. The lowest BCUT2D eigenvalue weighted by atomic mass is 10.1. The molecule has 1 aliphatic rings. The van der Waals surface area contributed by atoms with Gasteiger partial charge in [0.15, 0.2) is 0 Å². The summed E-state index contributed by atoms with van der Waals surface area (Å²) >= 11 is 0. The monoisotopic (exact) mass is 236 g/mol. The van der Waals surface area contributed by atoms with E-state index in [-0.39, 0.29) is 0 Å². The van der Waals surface area contributed by atoms with Crippen LogP contribution in [0.5, 0.6) is 0 Å². The molecule has 0 radical (unpaired) electrons. The first-order chi connectivity index (χ1) is 8.13. The van der Waals surface area contributed by atoms with Crippen LogP contribution in [0.1, 0.15) is 26.7 Å². The third-order valence-corrected chi connectivity index (χ3v) is 3.27. The van der Waals surface area contributed by atoms with E-state index in [0.717, 1.165) is 6.54 Å². The Balaban J connectivity index is 1.84. The van der Waals surface area contributed by atoms with E-state index in [9.17, 15) is 0 Å². The molecule has 0 amide bonds. The van der Waals surface area contributed by atoms with Crippen LogP contribution in [0.4, 0.5) is 5.69 Å². The topological polar surface area (TPSA) is 33.1 Å². The molecule has 2 rings (SSSR count). The molecule has 0 aliphatic carbocycles. The lowest BCUT2D eigenvalue weighted by Gasteiger charge is -2.29. The molecule has 1 saturated heterocycles. The maximum atomic E-state index is 4.38. The Kier molecular flexibility index (Phi) is 4.05. The average Bonchev–Trinajstić information content (AvgIpc) is 2.68. The summed E-state index contributed by atoms with van der Waals surface area (Å²) in [7, 11) is 2.19. The molecule has 96 valence electrons. The first-order valence-electron chi connectivity index (χ1n) is 6.61. The molecule has 0 unspecified atom stereocenters. The third-order valence-electron chi connectivity index (χ3n) is 3.27. The maximum Gasteiger partial charge on any atom is 0.0728 e. The molecule has 17 heavy (non-hydrogen) atoms. The van der Waals surface area contributed by atoms with Crippen LogP contribution in [0.3, 0.4) is 0 Å². The molecule has 0 bridgehead atoms. The van der Waals surface area contributed by atoms with E-state index < -0.39 is 0 Å². The van der Waals surface area contributed by atoms with Gasteiger partial charge in [-0.2, -0.15) is 5.10 Å². The van der Waals surface area contributed by atoms with E-state index in [1.54, 1.807) is 0 Å². The van der Waals surface area contributed by atoms with Crippen molar-refractivity contribution in [2.45, 2.75) is 39.3 Å². The van der Waals surface area contributed by atoms with Crippen LogP contribution in [0.2, 0.25) is 0 Å². The van der Waals surface area contributed by atoms with Gasteiger partial charge in [-0.1, -0.05) is 13.8 Å². The summed E-state index contributed by atoms with van der Waals surface area (Å²) in [6.07, 6.45) is 6.52. The average molecular weight is 236 g/mol. The summed E-state index contributed by atoms with van der Waals surface area (Å²) < 4.78 is 2.03. The highest BCUT2D eigenvalue weighted by molar-refractivity contribution is 5.39. The molecule has 1 aromatic rings. The van der Waals surface area contributed by atoms with Crippen LogP contribution in [-0.2, 0) is 6.54 Å². The first kappa shape index (κ1) is 12.4. The van der Waals surface area contributed by atoms with Crippen LogP contribution >= 0.6 is 0 Å². The molecule has 0 spiro atoms. The fraction of sp³-hybridized carbons (Fsp3) is 0.769. The minimum Gasteiger partial charge on any atom is -0.380 e. The molecule has 0 saturated carbocycles. The smallest absolute Gasteiger partial charge is 0.0728 e. The quantitative estimate of drug-likeness (QED) is 0.868. The van der Waals surface area contributed by atoms with Crippen molar-refractivity contribution in [3.8, 4) is 0 Å². The third kappa shape index (κ3) is 3.73. The second-order valence-corrected chi connectivity index (χ2v) is 5.57. The number of nitrogens with one attached hydrogen (secondary N) is 1. The lowest BCUT2D eigenvalue weighted by Crippen LogP contribution is -2.36. The number of rotatable bonds is 4. The van der Waals surface area contributed by atoms with Crippen molar-refractivity contribution in [2.75, 3.05) is 25.5 Å². The van der Waals surface area contributed by atoms with Gasteiger partial charge in [0, 0.05) is 18.8 Å². The van der Waals surface area contributed by atoms with Crippen molar-refractivity contribution < 1.29 is 0 Å². The van der Waals surface area contributed by atoms with E-state index in [1.165, 1.54) is 31.6 Å². The van der Waals surface area contributed by atoms with Gasteiger partial charge in [0.1, 0.15) is 0 Å². The zero-order valence-corrected chi connectivity index (χ0v) is 11.2. The molecule has 2 heterocycles. The number of piperidine rings is 1. The Hall–Kier alpha value is -1.03. The van der Waals surface area contributed by atoms with Crippen LogP contribution < -0.4 is 5.32 Å². The Labute approximate surface area is 104 Å². The summed E-state index contributed by atoms with van der Waals surface area (Å²) in [5.41, 5.74) is 1.17. The van der Waals surface area contributed by atoms with E-state index in [0.29, 0.717) is 12.0 Å². The zero-order valence-electron chi connectivity index (χ0n) is 11.2. The lowest BCUT2D eigenvalue weighted by molar-refractivity contribution is 0.264. The second-order valence-electron chi connectivity index (χ2n) is 5.57. The highest BCUT2D eigenvalue weighted by Gasteiger charge is 2.16. The molecule has 4 heteroatoms.